The normalized spacial score (nSPS) is 27.5. The van der Waals surface area contributed by atoms with E-state index in [9.17, 15) is 4.79 Å². The van der Waals surface area contributed by atoms with Crippen LogP contribution in [0, 0.1) is 0 Å². The van der Waals surface area contributed by atoms with Gasteiger partial charge in [0.15, 0.2) is 0 Å². The number of likely N-dealkylation sites (N-methyl/N-ethyl adjacent to an activating group) is 1. The maximum Gasteiger partial charge on any atom is 0.410 e. The Bertz CT molecular complexity index is 184. The second-order valence-corrected chi connectivity index (χ2v) is 3.19. The molecule has 4 nitrogen and oxygen atoms in total. The van der Waals surface area contributed by atoms with Gasteiger partial charge in [-0.1, -0.05) is 13.8 Å². The highest BCUT2D eigenvalue weighted by Gasteiger charge is 2.36. The number of hydrogen-bond acceptors (Lipinski definition) is 3. The van der Waals surface area contributed by atoms with Crippen molar-refractivity contribution < 1.29 is 9.53 Å². The largest absolute Gasteiger partial charge is 0.447 e. The summed E-state index contributed by atoms with van der Waals surface area (Å²) < 4.78 is 4.91. The Morgan fingerprint density at radius 3 is 2.77 bits per heavy atom. The topological polar surface area (TPSA) is 32.8 Å². The van der Waals surface area contributed by atoms with Crippen LogP contribution in [0.25, 0.3) is 0 Å². The van der Waals surface area contributed by atoms with Crippen LogP contribution in [0.1, 0.15) is 13.8 Å². The van der Waals surface area contributed by atoms with Crippen molar-refractivity contribution in [2.24, 2.45) is 0 Å². The highest BCUT2D eigenvalue weighted by atomic mass is 16.6. The summed E-state index contributed by atoms with van der Waals surface area (Å²) in [6, 6.07) is 0.307. The number of rotatable bonds is 0. The average molecular weight is 186 g/mol. The SMILES string of the molecule is CC.CN1CCN2C(=O)OCC2C1. The van der Waals surface area contributed by atoms with Gasteiger partial charge in [0.25, 0.3) is 0 Å². The number of hydrogen-bond donors (Lipinski definition) is 0. The van der Waals surface area contributed by atoms with Crippen LogP contribution in [0.15, 0.2) is 0 Å². The van der Waals surface area contributed by atoms with E-state index in [4.69, 9.17) is 4.74 Å². The van der Waals surface area contributed by atoms with Gasteiger partial charge < -0.3 is 9.64 Å². The van der Waals surface area contributed by atoms with Crippen molar-refractivity contribution in [2.45, 2.75) is 19.9 Å². The molecule has 2 heterocycles. The summed E-state index contributed by atoms with van der Waals surface area (Å²) in [5, 5.41) is 0. The van der Waals surface area contributed by atoms with E-state index in [1.54, 1.807) is 0 Å². The monoisotopic (exact) mass is 186 g/mol. The molecule has 13 heavy (non-hydrogen) atoms. The number of ether oxygens (including phenoxy) is 1. The summed E-state index contributed by atoms with van der Waals surface area (Å²) in [4.78, 5) is 15.0. The first kappa shape index (κ1) is 10.3. The highest BCUT2D eigenvalue weighted by Crippen LogP contribution is 2.16. The van der Waals surface area contributed by atoms with Gasteiger partial charge in [-0.3, -0.25) is 4.90 Å². The molecule has 1 atom stereocenters. The van der Waals surface area contributed by atoms with Crippen molar-refractivity contribution in [1.29, 1.82) is 0 Å². The van der Waals surface area contributed by atoms with E-state index >= 15 is 0 Å². The predicted octanol–water partition coefficient (Wildman–Crippen LogP) is 0.779. The third kappa shape index (κ3) is 2.12. The molecule has 0 radical (unpaired) electrons. The Morgan fingerprint density at radius 2 is 2.08 bits per heavy atom. The number of cyclic esters (lactones) is 1. The number of amides is 1. The maximum absolute atomic E-state index is 11.0. The van der Waals surface area contributed by atoms with E-state index in [-0.39, 0.29) is 6.09 Å². The van der Waals surface area contributed by atoms with Crippen molar-refractivity contribution in [3.05, 3.63) is 0 Å². The van der Waals surface area contributed by atoms with Crippen molar-refractivity contribution in [1.82, 2.24) is 9.80 Å². The molecule has 0 spiro atoms. The van der Waals surface area contributed by atoms with E-state index in [1.807, 2.05) is 18.7 Å². The highest BCUT2D eigenvalue weighted by molar-refractivity contribution is 5.70. The molecule has 0 aromatic carbocycles. The molecular formula is C9H18N2O2. The van der Waals surface area contributed by atoms with Crippen LogP contribution in [0.4, 0.5) is 4.79 Å². The van der Waals surface area contributed by atoms with E-state index < -0.39 is 0 Å². The maximum atomic E-state index is 11.0. The molecule has 2 aliphatic rings. The van der Waals surface area contributed by atoms with E-state index in [0.717, 1.165) is 19.6 Å². The lowest BCUT2D eigenvalue weighted by atomic mass is 10.2. The molecule has 2 aliphatic heterocycles. The Kier molecular flexibility index (Phi) is 3.54. The Balaban J connectivity index is 0.000000396. The summed E-state index contributed by atoms with van der Waals surface area (Å²) in [5.41, 5.74) is 0. The Labute approximate surface area is 79.4 Å². The summed E-state index contributed by atoms with van der Waals surface area (Å²) in [7, 11) is 2.07. The third-order valence-electron chi connectivity index (χ3n) is 2.32. The Hall–Kier alpha value is -0.770. The van der Waals surface area contributed by atoms with Crippen LogP contribution in [-0.2, 0) is 4.74 Å². The molecule has 0 saturated carbocycles. The number of fused-ring (bicyclic) bond motifs is 1. The zero-order chi connectivity index (χ0) is 9.84. The molecule has 2 fully saturated rings. The lowest BCUT2D eigenvalue weighted by Gasteiger charge is -2.32. The summed E-state index contributed by atoms with van der Waals surface area (Å²) in [6.45, 7) is 7.31. The molecule has 0 aromatic heterocycles. The fraction of sp³-hybridized carbons (Fsp3) is 0.889. The van der Waals surface area contributed by atoms with Gasteiger partial charge >= 0.3 is 6.09 Å². The number of piperazine rings is 1. The lowest BCUT2D eigenvalue weighted by molar-refractivity contribution is 0.134. The molecule has 1 amide bonds. The van der Waals surface area contributed by atoms with Crippen LogP contribution in [0.3, 0.4) is 0 Å². The third-order valence-corrected chi connectivity index (χ3v) is 2.32. The molecule has 0 N–H and O–H groups in total. The first-order chi connectivity index (χ1) is 6.27. The Morgan fingerprint density at radius 1 is 1.38 bits per heavy atom. The van der Waals surface area contributed by atoms with E-state index in [2.05, 4.69) is 11.9 Å². The smallest absolute Gasteiger partial charge is 0.410 e. The fourth-order valence-corrected chi connectivity index (χ4v) is 1.64. The predicted molar refractivity (Wildman–Crippen MR) is 50.7 cm³/mol. The molecule has 1 unspecified atom stereocenters. The van der Waals surface area contributed by atoms with Crippen LogP contribution in [0.5, 0.6) is 0 Å². The van der Waals surface area contributed by atoms with Crippen LogP contribution < -0.4 is 0 Å². The van der Waals surface area contributed by atoms with Gasteiger partial charge in [0.05, 0.1) is 6.04 Å². The molecule has 2 saturated heterocycles. The molecule has 0 aliphatic carbocycles. The summed E-state index contributed by atoms with van der Waals surface area (Å²) in [6.07, 6.45) is -0.136. The van der Waals surface area contributed by atoms with Crippen LogP contribution in [-0.4, -0.2) is 55.2 Å². The molecule has 76 valence electrons. The van der Waals surface area contributed by atoms with Gasteiger partial charge in [-0.05, 0) is 7.05 Å². The van der Waals surface area contributed by atoms with Crippen molar-refractivity contribution in [2.75, 3.05) is 33.3 Å². The quantitative estimate of drug-likeness (QED) is 0.560. The first-order valence-corrected chi connectivity index (χ1v) is 4.89. The zero-order valence-corrected chi connectivity index (χ0v) is 8.62. The van der Waals surface area contributed by atoms with Crippen molar-refractivity contribution in [3.8, 4) is 0 Å². The minimum absolute atomic E-state index is 0.136. The molecule has 2 rings (SSSR count). The van der Waals surface area contributed by atoms with Gasteiger partial charge in [-0.15, -0.1) is 0 Å². The van der Waals surface area contributed by atoms with Crippen LogP contribution >= 0.6 is 0 Å². The minimum atomic E-state index is -0.136. The standard InChI is InChI=1S/C7H12N2O2.C2H6/c1-8-2-3-9-6(4-8)5-11-7(9)10;1-2/h6H,2-5H2,1H3;1-2H3. The number of carbonyl (C=O) groups excluding carboxylic acids is 1. The molecule has 4 heteroatoms. The molecular weight excluding hydrogens is 168 g/mol. The molecule has 0 aromatic rings. The number of carbonyl (C=O) groups is 1. The average Bonchev–Trinajstić information content (AvgIpc) is 2.51. The second-order valence-electron chi connectivity index (χ2n) is 3.19. The van der Waals surface area contributed by atoms with Gasteiger partial charge in [0.1, 0.15) is 6.61 Å². The summed E-state index contributed by atoms with van der Waals surface area (Å²) >= 11 is 0. The van der Waals surface area contributed by atoms with Gasteiger partial charge in [0.2, 0.25) is 0 Å². The number of nitrogens with zero attached hydrogens (tertiary/aromatic N) is 2. The van der Waals surface area contributed by atoms with Gasteiger partial charge in [-0.2, -0.15) is 0 Å². The van der Waals surface area contributed by atoms with Gasteiger partial charge in [-0.25, -0.2) is 4.79 Å². The molecule has 0 bridgehead atoms. The van der Waals surface area contributed by atoms with Crippen LogP contribution in [0.2, 0.25) is 0 Å². The fourth-order valence-electron chi connectivity index (χ4n) is 1.64. The van der Waals surface area contributed by atoms with Gasteiger partial charge in [0, 0.05) is 19.6 Å². The second kappa shape index (κ2) is 4.46. The zero-order valence-electron chi connectivity index (χ0n) is 8.62. The van der Waals surface area contributed by atoms with E-state index in [1.165, 1.54) is 0 Å². The van der Waals surface area contributed by atoms with E-state index in [0.29, 0.717) is 12.6 Å². The van der Waals surface area contributed by atoms with Crippen molar-refractivity contribution in [3.63, 3.8) is 0 Å². The van der Waals surface area contributed by atoms with Crippen molar-refractivity contribution >= 4 is 6.09 Å². The lowest BCUT2D eigenvalue weighted by Crippen LogP contribution is -2.50. The summed E-state index contributed by atoms with van der Waals surface area (Å²) in [5.74, 6) is 0. The minimum Gasteiger partial charge on any atom is -0.447 e. The first-order valence-electron chi connectivity index (χ1n) is 4.89.